The largest absolute Gasteiger partial charge is 0.396 e. The van der Waals surface area contributed by atoms with Gasteiger partial charge in [-0.25, -0.2) is 0 Å². The van der Waals surface area contributed by atoms with Crippen LogP contribution in [0.5, 0.6) is 0 Å². The van der Waals surface area contributed by atoms with Crippen LogP contribution in [0.4, 0.5) is 11.4 Å². The van der Waals surface area contributed by atoms with E-state index >= 15 is 0 Å². The highest BCUT2D eigenvalue weighted by Crippen LogP contribution is 2.15. The van der Waals surface area contributed by atoms with E-state index in [1.807, 2.05) is 0 Å². The lowest BCUT2D eigenvalue weighted by molar-refractivity contribution is -0.384. The highest BCUT2D eigenvalue weighted by atomic mass is 16.6. The number of hydrazone groups is 1. The molecule has 0 saturated carbocycles. The summed E-state index contributed by atoms with van der Waals surface area (Å²) in [6.07, 6.45) is 4.17. The van der Waals surface area contributed by atoms with Crippen molar-refractivity contribution in [1.82, 2.24) is 0 Å². The van der Waals surface area contributed by atoms with Crippen LogP contribution in [-0.4, -0.2) is 22.9 Å². The molecule has 1 aromatic rings. The highest BCUT2D eigenvalue weighted by molar-refractivity contribution is 5.59. The third-order valence-corrected chi connectivity index (χ3v) is 2.10. The van der Waals surface area contributed by atoms with Crippen LogP contribution < -0.4 is 5.43 Å². The fourth-order valence-corrected chi connectivity index (χ4v) is 1.19. The summed E-state index contributed by atoms with van der Waals surface area (Å²) < 4.78 is 0. The second kappa shape index (κ2) is 7.34. The van der Waals surface area contributed by atoms with Gasteiger partial charge in [-0.1, -0.05) is 0 Å². The molecule has 1 aromatic carbocycles. The molecule has 0 saturated heterocycles. The maximum absolute atomic E-state index is 10.4. The van der Waals surface area contributed by atoms with E-state index < -0.39 is 4.92 Å². The third kappa shape index (κ3) is 5.07. The predicted octanol–water partition coefficient (Wildman–Crippen LogP) is 2.16. The van der Waals surface area contributed by atoms with Crippen LogP contribution in [0.1, 0.15) is 19.3 Å². The number of nitro groups is 1. The average Bonchev–Trinajstić information content (AvgIpc) is 2.34. The number of aliphatic hydroxyl groups excluding tert-OH is 1. The topological polar surface area (TPSA) is 87.8 Å². The zero-order valence-corrected chi connectivity index (χ0v) is 9.37. The SMILES string of the molecule is O=[N+]([O-])c1ccc(N/N=C/CCCCO)cc1. The van der Waals surface area contributed by atoms with Crippen molar-refractivity contribution in [3.8, 4) is 0 Å². The summed E-state index contributed by atoms with van der Waals surface area (Å²) in [6.45, 7) is 0.198. The Balaban J connectivity index is 2.34. The summed E-state index contributed by atoms with van der Waals surface area (Å²) in [5.74, 6) is 0. The number of nitro benzene ring substituents is 1. The first-order valence-electron chi connectivity index (χ1n) is 5.37. The van der Waals surface area contributed by atoms with E-state index in [9.17, 15) is 10.1 Å². The minimum Gasteiger partial charge on any atom is -0.396 e. The number of benzene rings is 1. The molecule has 0 unspecified atom stereocenters. The van der Waals surface area contributed by atoms with Gasteiger partial charge in [0.1, 0.15) is 0 Å². The molecule has 0 aliphatic rings. The molecule has 0 aliphatic heterocycles. The van der Waals surface area contributed by atoms with Crippen molar-refractivity contribution in [3.63, 3.8) is 0 Å². The second-order valence-corrected chi connectivity index (χ2v) is 3.45. The van der Waals surface area contributed by atoms with Crippen LogP contribution in [0.3, 0.4) is 0 Å². The Morgan fingerprint density at radius 3 is 2.65 bits per heavy atom. The molecular formula is C11H15N3O3. The first kappa shape index (κ1) is 13.1. The van der Waals surface area contributed by atoms with E-state index in [1.165, 1.54) is 12.1 Å². The summed E-state index contributed by atoms with van der Waals surface area (Å²) >= 11 is 0. The molecule has 0 spiro atoms. The first-order valence-corrected chi connectivity index (χ1v) is 5.37. The van der Waals surface area contributed by atoms with Gasteiger partial charge in [0, 0.05) is 25.0 Å². The number of hydrogen-bond acceptors (Lipinski definition) is 5. The summed E-state index contributed by atoms with van der Waals surface area (Å²) in [7, 11) is 0. The van der Waals surface area contributed by atoms with Crippen molar-refractivity contribution in [3.05, 3.63) is 34.4 Å². The van der Waals surface area contributed by atoms with Crippen molar-refractivity contribution in [2.24, 2.45) is 5.10 Å². The molecule has 0 fully saturated rings. The maximum atomic E-state index is 10.4. The fourth-order valence-electron chi connectivity index (χ4n) is 1.19. The van der Waals surface area contributed by atoms with E-state index in [0.717, 1.165) is 19.3 Å². The monoisotopic (exact) mass is 237 g/mol. The molecule has 1 rings (SSSR count). The van der Waals surface area contributed by atoms with Gasteiger partial charge in [0.05, 0.1) is 10.6 Å². The van der Waals surface area contributed by atoms with Gasteiger partial charge in [-0.2, -0.15) is 5.10 Å². The van der Waals surface area contributed by atoms with E-state index in [1.54, 1.807) is 18.3 Å². The molecule has 0 heterocycles. The molecule has 0 atom stereocenters. The van der Waals surface area contributed by atoms with Gasteiger partial charge in [-0.3, -0.25) is 15.5 Å². The standard InChI is InChI=1S/C11H15N3O3/c15-9-3-1-2-8-12-13-10-4-6-11(7-5-10)14(16)17/h4-8,13,15H,1-3,9H2/b12-8+. The van der Waals surface area contributed by atoms with Gasteiger partial charge in [0.25, 0.3) is 5.69 Å². The molecule has 6 nitrogen and oxygen atoms in total. The van der Waals surface area contributed by atoms with Gasteiger partial charge >= 0.3 is 0 Å². The van der Waals surface area contributed by atoms with Crippen LogP contribution >= 0.6 is 0 Å². The lowest BCUT2D eigenvalue weighted by Gasteiger charge is -1.99. The Morgan fingerprint density at radius 2 is 2.06 bits per heavy atom. The van der Waals surface area contributed by atoms with Crippen LogP contribution in [-0.2, 0) is 0 Å². The van der Waals surface area contributed by atoms with E-state index in [2.05, 4.69) is 10.5 Å². The minimum atomic E-state index is -0.443. The summed E-state index contributed by atoms with van der Waals surface area (Å²) in [5.41, 5.74) is 3.53. The molecule has 6 heteroatoms. The predicted molar refractivity (Wildman–Crippen MR) is 66.1 cm³/mol. The smallest absolute Gasteiger partial charge is 0.269 e. The van der Waals surface area contributed by atoms with Crippen molar-refractivity contribution >= 4 is 17.6 Å². The number of nitrogens with one attached hydrogen (secondary N) is 1. The van der Waals surface area contributed by atoms with Crippen molar-refractivity contribution < 1.29 is 10.0 Å². The number of unbranched alkanes of at least 4 members (excludes halogenated alkanes) is 2. The summed E-state index contributed by atoms with van der Waals surface area (Å²) in [6, 6.07) is 6.04. The minimum absolute atomic E-state index is 0.0578. The van der Waals surface area contributed by atoms with E-state index in [-0.39, 0.29) is 12.3 Å². The van der Waals surface area contributed by atoms with Crippen LogP contribution in [0.15, 0.2) is 29.4 Å². The Bertz CT molecular complexity index is 376. The first-order chi connectivity index (χ1) is 8.24. The summed E-state index contributed by atoms with van der Waals surface area (Å²) in [4.78, 5) is 9.97. The fraction of sp³-hybridized carbons (Fsp3) is 0.364. The lowest BCUT2D eigenvalue weighted by Crippen LogP contribution is -1.91. The van der Waals surface area contributed by atoms with Gasteiger partial charge in [-0.05, 0) is 31.4 Å². The van der Waals surface area contributed by atoms with Crippen LogP contribution in [0.2, 0.25) is 0 Å². The van der Waals surface area contributed by atoms with Crippen LogP contribution in [0.25, 0.3) is 0 Å². The Kier molecular flexibility index (Phi) is 5.67. The number of non-ortho nitro benzene ring substituents is 1. The second-order valence-electron chi connectivity index (χ2n) is 3.45. The Morgan fingerprint density at radius 1 is 1.35 bits per heavy atom. The zero-order chi connectivity index (χ0) is 12.5. The number of rotatable bonds is 7. The van der Waals surface area contributed by atoms with Crippen molar-refractivity contribution in [1.29, 1.82) is 0 Å². The van der Waals surface area contributed by atoms with Crippen molar-refractivity contribution in [2.45, 2.75) is 19.3 Å². The molecule has 17 heavy (non-hydrogen) atoms. The van der Waals surface area contributed by atoms with Crippen molar-refractivity contribution in [2.75, 3.05) is 12.0 Å². The van der Waals surface area contributed by atoms with E-state index in [0.29, 0.717) is 5.69 Å². The zero-order valence-electron chi connectivity index (χ0n) is 9.37. The average molecular weight is 237 g/mol. The molecule has 0 bridgehead atoms. The lowest BCUT2D eigenvalue weighted by atomic mass is 10.2. The third-order valence-electron chi connectivity index (χ3n) is 2.10. The van der Waals surface area contributed by atoms with E-state index in [4.69, 9.17) is 5.11 Å². The molecule has 0 aliphatic carbocycles. The number of hydrogen-bond donors (Lipinski definition) is 2. The number of aliphatic hydroxyl groups is 1. The van der Waals surface area contributed by atoms with Gasteiger partial charge in [0.2, 0.25) is 0 Å². The summed E-state index contributed by atoms with van der Waals surface area (Å²) in [5, 5.41) is 22.9. The molecule has 92 valence electrons. The molecule has 0 amide bonds. The molecule has 0 aromatic heterocycles. The quantitative estimate of drug-likeness (QED) is 0.329. The number of anilines is 1. The molecule has 0 radical (unpaired) electrons. The number of nitrogens with zero attached hydrogens (tertiary/aromatic N) is 2. The van der Waals surface area contributed by atoms with Gasteiger partial charge in [0.15, 0.2) is 0 Å². The van der Waals surface area contributed by atoms with Gasteiger partial charge in [-0.15, -0.1) is 0 Å². The molecular weight excluding hydrogens is 222 g/mol. The maximum Gasteiger partial charge on any atom is 0.269 e. The Hall–Kier alpha value is -1.95. The molecule has 2 N–H and O–H groups in total. The van der Waals surface area contributed by atoms with Gasteiger partial charge < -0.3 is 5.11 Å². The van der Waals surface area contributed by atoms with Crippen LogP contribution in [0, 0.1) is 10.1 Å². The highest BCUT2D eigenvalue weighted by Gasteiger charge is 2.02. The normalized spacial score (nSPS) is 10.6. The Labute approximate surface area is 99.1 Å².